The number of nitrogens with one attached hydrogen (secondary N) is 2. The smallest absolute Gasteiger partial charge is 0.394 e. The van der Waals surface area contributed by atoms with Gasteiger partial charge in [0.25, 0.3) is 0 Å². The summed E-state index contributed by atoms with van der Waals surface area (Å²) < 4.78 is 65.2. The molecule has 3 aromatic rings. The van der Waals surface area contributed by atoms with E-state index in [9.17, 15) is 31.5 Å². The van der Waals surface area contributed by atoms with Crippen LogP contribution in [0.4, 0.5) is 24.5 Å². The van der Waals surface area contributed by atoms with Gasteiger partial charge in [0.2, 0.25) is 5.91 Å². The van der Waals surface area contributed by atoms with Gasteiger partial charge in [-0.15, -0.1) is 0 Å². The zero-order valence-electron chi connectivity index (χ0n) is 25.1. The molecular weight excluding hydrogens is 611 g/mol. The molecule has 1 aromatic heterocycles. The number of anilines is 2. The third kappa shape index (κ3) is 9.61. The second kappa shape index (κ2) is 14.6. The molecule has 1 aliphatic rings. The summed E-state index contributed by atoms with van der Waals surface area (Å²) >= 11 is 0. The zero-order chi connectivity index (χ0) is 32.8. The number of aliphatic hydroxyl groups excluding tert-OH is 2. The molecule has 14 heteroatoms. The van der Waals surface area contributed by atoms with E-state index in [1.165, 1.54) is 17.0 Å². The number of benzene rings is 2. The number of likely N-dealkylation sites (tertiary alicyclic amines) is 1. The summed E-state index contributed by atoms with van der Waals surface area (Å²) in [5, 5.41) is 25.7. The van der Waals surface area contributed by atoms with E-state index in [1.54, 1.807) is 37.4 Å². The fourth-order valence-electron chi connectivity index (χ4n) is 5.21. The van der Waals surface area contributed by atoms with Gasteiger partial charge in [0, 0.05) is 55.7 Å². The average Bonchev–Trinajstić information content (AvgIpc) is 3.32. The van der Waals surface area contributed by atoms with Crippen molar-refractivity contribution in [1.29, 1.82) is 0 Å². The molecule has 1 unspecified atom stereocenters. The Labute approximate surface area is 260 Å². The molecule has 4 N–H and O–H groups in total. The van der Waals surface area contributed by atoms with E-state index in [1.807, 2.05) is 11.0 Å². The van der Waals surface area contributed by atoms with Crippen LogP contribution in [0.1, 0.15) is 18.5 Å². The summed E-state index contributed by atoms with van der Waals surface area (Å²) in [7, 11) is -1.74. The Hall–Kier alpha value is -3.77. The van der Waals surface area contributed by atoms with E-state index in [-0.39, 0.29) is 42.2 Å². The summed E-state index contributed by atoms with van der Waals surface area (Å²) in [5.41, 5.74) is 1.95. The number of fused-ring (bicyclic) bond motifs is 1. The van der Waals surface area contributed by atoms with Crippen LogP contribution in [0.15, 0.2) is 53.4 Å². The predicted octanol–water partition coefficient (Wildman–Crippen LogP) is 2.76. The van der Waals surface area contributed by atoms with Crippen molar-refractivity contribution in [3.05, 3.63) is 54.2 Å². The minimum atomic E-state index is -4.46. The van der Waals surface area contributed by atoms with Crippen LogP contribution in [0.25, 0.3) is 10.9 Å². The fraction of sp³-hybridized carbons (Fsp3) is 0.452. The maximum atomic E-state index is 13.6. The first kappa shape index (κ1) is 34.1. The van der Waals surface area contributed by atoms with E-state index in [4.69, 9.17) is 5.11 Å². The Balaban J connectivity index is 1.43. The van der Waals surface area contributed by atoms with Gasteiger partial charge in [-0.25, -0.2) is 8.42 Å². The number of nitrogens with zero attached hydrogens (tertiary/aromatic N) is 3. The molecule has 2 aromatic carbocycles. The molecule has 1 atom stereocenters. The molecule has 4 rings (SSSR count). The van der Waals surface area contributed by atoms with Crippen molar-refractivity contribution in [2.45, 2.75) is 42.6 Å². The number of sulfone groups is 1. The summed E-state index contributed by atoms with van der Waals surface area (Å²) in [5.74, 6) is 5.59. The first-order valence-electron chi connectivity index (χ1n) is 14.5. The van der Waals surface area contributed by atoms with Gasteiger partial charge in [-0.1, -0.05) is 12.0 Å². The normalized spacial score (nSPS) is 15.4. The maximum absolute atomic E-state index is 13.6. The average molecular weight is 650 g/mol. The molecule has 2 heterocycles. The number of alkyl halides is 3. The van der Waals surface area contributed by atoms with Crippen LogP contribution in [-0.2, 0) is 21.2 Å². The van der Waals surface area contributed by atoms with E-state index in [0.29, 0.717) is 35.4 Å². The molecule has 45 heavy (non-hydrogen) atoms. The number of halogens is 3. The minimum absolute atomic E-state index is 0.0506. The highest BCUT2D eigenvalue weighted by Gasteiger charge is 2.30. The Kier molecular flexibility index (Phi) is 11.0. The fourth-order valence-corrected chi connectivity index (χ4v) is 5.84. The number of carbonyl (C=O) groups excluding carboxylic acids is 1. The number of carbonyl (C=O) groups is 1. The second-order valence-corrected chi connectivity index (χ2v) is 13.2. The molecule has 0 saturated carbocycles. The number of amides is 1. The number of rotatable bonds is 11. The van der Waals surface area contributed by atoms with Crippen LogP contribution < -0.4 is 10.6 Å². The quantitative estimate of drug-likeness (QED) is 0.234. The van der Waals surface area contributed by atoms with Crippen molar-refractivity contribution in [3.8, 4) is 11.8 Å². The van der Waals surface area contributed by atoms with Crippen LogP contribution in [0, 0.1) is 11.8 Å². The van der Waals surface area contributed by atoms with E-state index in [2.05, 4.69) is 22.5 Å². The first-order valence-corrected chi connectivity index (χ1v) is 16.4. The van der Waals surface area contributed by atoms with E-state index in [0.717, 1.165) is 23.7 Å². The van der Waals surface area contributed by atoms with E-state index >= 15 is 0 Å². The van der Waals surface area contributed by atoms with Crippen molar-refractivity contribution in [1.82, 2.24) is 14.4 Å². The van der Waals surface area contributed by atoms with Gasteiger partial charge in [-0.05, 0) is 61.2 Å². The predicted molar refractivity (Wildman–Crippen MR) is 167 cm³/mol. The molecule has 244 valence electrons. The largest absolute Gasteiger partial charge is 0.406 e. The number of piperidine rings is 1. The lowest BCUT2D eigenvalue weighted by atomic mass is 10.0. The minimum Gasteiger partial charge on any atom is -0.394 e. The Bertz CT molecular complexity index is 1640. The first-order chi connectivity index (χ1) is 21.2. The summed E-state index contributed by atoms with van der Waals surface area (Å²) in [6.45, 7) is 0.0561. The molecule has 10 nitrogen and oxygen atoms in total. The van der Waals surface area contributed by atoms with Gasteiger partial charge in [-0.3, -0.25) is 9.69 Å². The lowest BCUT2D eigenvalue weighted by molar-refractivity contribution is -0.140. The van der Waals surface area contributed by atoms with Gasteiger partial charge in [-0.2, -0.15) is 13.2 Å². The van der Waals surface area contributed by atoms with Crippen molar-refractivity contribution < 1.29 is 36.6 Å². The number of aromatic nitrogens is 1. The number of likely N-dealkylation sites (N-methyl/N-ethyl adjacent to an activating group) is 1. The SMILES string of the molecule is CN(CC(O)CO)C(=O)CN1CCC(Nc2cccc3c2cc(C#CCNc2ccc(S(C)(=O)=O)cc2)n3CC(F)(F)F)CC1. The molecule has 1 aliphatic heterocycles. The van der Waals surface area contributed by atoms with Gasteiger partial charge in [0.05, 0.1) is 41.9 Å². The van der Waals surface area contributed by atoms with Crippen molar-refractivity contribution in [2.75, 3.05) is 63.3 Å². The van der Waals surface area contributed by atoms with Crippen molar-refractivity contribution >= 4 is 38.0 Å². The second-order valence-electron chi connectivity index (χ2n) is 11.2. The van der Waals surface area contributed by atoms with Crippen LogP contribution in [0.5, 0.6) is 0 Å². The lowest BCUT2D eigenvalue weighted by Crippen LogP contribution is -2.46. The molecule has 0 spiro atoms. The van der Waals surface area contributed by atoms with Gasteiger partial charge >= 0.3 is 6.18 Å². The van der Waals surface area contributed by atoms with Crippen LogP contribution in [-0.4, -0.2) is 110 Å². The van der Waals surface area contributed by atoms with Crippen molar-refractivity contribution in [2.24, 2.45) is 0 Å². The summed E-state index contributed by atoms with van der Waals surface area (Å²) in [6.07, 6.45) is -2.89. The lowest BCUT2D eigenvalue weighted by Gasteiger charge is -2.33. The Morgan fingerprint density at radius 3 is 2.47 bits per heavy atom. The van der Waals surface area contributed by atoms with Gasteiger partial charge < -0.3 is 30.3 Å². The molecule has 1 saturated heterocycles. The van der Waals surface area contributed by atoms with Crippen LogP contribution in [0.3, 0.4) is 0 Å². The molecule has 0 bridgehead atoms. The number of aliphatic hydroxyl groups is 2. The van der Waals surface area contributed by atoms with Gasteiger partial charge in [0.15, 0.2) is 9.84 Å². The monoisotopic (exact) mass is 649 g/mol. The summed E-state index contributed by atoms with van der Waals surface area (Å²) in [6, 6.07) is 13.0. The van der Waals surface area contributed by atoms with Crippen molar-refractivity contribution in [3.63, 3.8) is 0 Å². The molecule has 1 amide bonds. The Morgan fingerprint density at radius 1 is 1.16 bits per heavy atom. The molecule has 1 fully saturated rings. The highest BCUT2D eigenvalue weighted by Crippen LogP contribution is 2.31. The molecule has 0 radical (unpaired) electrons. The maximum Gasteiger partial charge on any atom is 0.406 e. The zero-order valence-corrected chi connectivity index (χ0v) is 26.0. The van der Waals surface area contributed by atoms with E-state index < -0.39 is 35.3 Å². The third-order valence-corrected chi connectivity index (χ3v) is 8.72. The standard InChI is InChI=1S/C31H38F3N5O5S/c1-37(18-25(41)20-40)30(42)19-38-15-12-23(13-16-38)36-28-6-3-7-29-27(28)17-24(39(29)21-31(32,33)34)5-4-14-35-22-8-10-26(11-9-22)45(2,43)44/h3,6-11,17,23,25,35-36,40-41H,12-16,18-21H2,1-2H3. The van der Waals surface area contributed by atoms with Gasteiger partial charge in [0.1, 0.15) is 6.54 Å². The highest BCUT2D eigenvalue weighted by atomic mass is 32.2. The topological polar surface area (TPSA) is 127 Å². The number of hydrogen-bond acceptors (Lipinski definition) is 8. The molecule has 0 aliphatic carbocycles. The third-order valence-electron chi connectivity index (χ3n) is 7.59. The summed E-state index contributed by atoms with van der Waals surface area (Å²) in [4.78, 5) is 16.1. The number of hydrogen-bond donors (Lipinski definition) is 4. The Morgan fingerprint density at radius 2 is 1.84 bits per heavy atom. The van der Waals surface area contributed by atoms with Crippen LogP contribution in [0.2, 0.25) is 0 Å². The molecular formula is C31H38F3N5O5S. The highest BCUT2D eigenvalue weighted by molar-refractivity contribution is 7.90. The van der Waals surface area contributed by atoms with Crippen LogP contribution >= 0.6 is 0 Å².